The van der Waals surface area contributed by atoms with Crippen LogP contribution >= 0.6 is 47.0 Å². The van der Waals surface area contributed by atoms with Crippen LogP contribution in [0.5, 0.6) is 0 Å². The predicted octanol–water partition coefficient (Wildman–Crippen LogP) is -1.61. The molecule has 9 aliphatic rings. The lowest BCUT2D eigenvalue weighted by molar-refractivity contribution is -0.148. The fourth-order valence-corrected chi connectivity index (χ4v) is 20.7. The van der Waals surface area contributed by atoms with E-state index in [-0.39, 0.29) is 198 Å². The molecule has 12 amide bonds. The summed E-state index contributed by atoms with van der Waals surface area (Å²) < 4.78 is 0. The number of carbonyl (C=O) groups is 12. The molecule has 9 rings (SSSR count). The molecule has 0 aromatic carbocycles. The molecule has 0 radical (unpaired) electrons. The number of carboxylic acid groups (broad SMARTS) is 4. The number of thioether (sulfide) groups is 4. The highest BCUT2D eigenvalue weighted by Crippen LogP contribution is 2.36. The maximum atomic E-state index is 13.5. The lowest BCUT2D eigenvalue weighted by Gasteiger charge is -2.40. The zero-order valence-corrected chi connectivity index (χ0v) is 57.2. The van der Waals surface area contributed by atoms with E-state index in [1.54, 1.807) is 47.0 Å². The van der Waals surface area contributed by atoms with Gasteiger partial charge in [-0.2, -0.15) is 47.0 Å². The number of nitrogens with one attached hydrogen (secondary N) is 12. The molecule has 36 heteroatoms. The van der Waals surface area contributed by atoms with Crippen LogP contribution in [0.1, 0.15) is 103 Å². The molecule has 16 N–H and O–H groups in total. The third-order valence-electron chi connectivity index (χ3n) is 19.9. The Hall–Kier alpha value is -5.92. The first-order chi connectivity index (χ1) is 46.2. The van der Waals surface area contributed by atoms with E-state index in [0.29, 0.717) is 51.4 Å². The molecule has 0 bridgehead atoms. The van der Waals surface area contributed by atoms with E-state index in [9.17, 15) is 78.0 Å². The Bertz CT molecular complexity index is 2410. The van der Waals surface area contributed by atoms with E-state index >= 15 is 0 Å². The smallest absolute Gasteiger partial charge is 0.322 e. The number of unbranched alkanes of at least 4 members (excludes halogenated alkanes) is 4. The van der Waals surface area contributed by atoms with Crippen molar-refractivity contribution in [1.82, 2.24) is 83.4 Å². The Morgan fingerprint density at radius 3 is 0.719 bits per heavy atom. The number of amides is 12. The van der Waals surface area contributed by atoms with Gasteiger partial charge in [0.25, 0.3) is 0 Å². The average molecular weight is 1430 g/mol. The van der Waals surface area contributed by atoms with Crippen molar-refractivity contribution in [3.63, 3.8) is 0 Å². The molecule has 32 nitrogen and oxygen atoms in total. The molecule has 536 valence electrons. The van der Waals surface area contributed by atoms with E-state index in [2.05, 4.69) is 63.8 Å². The van der Waals surface area contributed by atoms with E-state index in [0.717, 1.165) is 48.7 Å². The van der Waals surface area contributed by atoms with Crippen LogP contribution in [0.25, 0.3) is 0 Å². The molecular weight excluding hydrogens is 1330 g/mol. The number of carbonyl (C=O) groups excluding carboxylic acids is 8. The Labute approximate surface area is 574 Å². The first-order valence-corrected chi connectivity index (χ1v) is 38.1. The zero-order valence-electron chi connectivity index (χ0n) is 54.0. The average Bonchev–Trinajstić information content (AvgIpc) is 1.69. The highest BCUT2D eigenvalue weighted by Gasteiger charge is 2.46. The summed E-state index contributed by atoms with van der Waals surface area (Å²) in [5.74, 6) is -3.87. The second-order valence-corrected chi connectivity index (χ2v) is 31.3. The summed E-state index contributed by atoms with van der Waals surface area (Å²) >= 11 is 7.01. The topological polar surface area (TPSA) is 443 Å². The number of urea groups is 4. The molecule has 16 unspecified atom stereocenters. The predicted molar refractivity (Wildman–Crippen MR) is 360 cm³/mol. The third-order valence-corrected chi connectivity index (χ3v) is 25.9. The van der Waals surface area contributed by atoms with Crippen molar-refractivity contribution in [3.05, 3.63) is 0 Å². The first kappa shape index (κ1) is 74.3. The molecule has 9 saturated heterocycles. The van der Waals surface area contributed by atoms with Crippen molar-refractivity contribution in [2.75, 3.05) is 102 Å². The lowest BCUT2D eigenvalue weighted by Crippen LogP contribution is -2.60. The SMILES string of the molecule is O=C(CCCCC1SCC2NC(=O)NC21)NCC(C(=O)O)N1CCN(C(CNC(=O)CCCCC2SCC3NC(=O)NC32)C(=O)O)CCN(C(CNC(=O)CCCCC2SCC3NC(=O)NC32)C(=O)O)CCN(C(CNC(=O)CCCCC2SCC3NC(=O)NC32)C(=O)O)CC1. The van der Waals surface area contributed by atoms with Crippen LogP contribution < -0.4 is 63.8 Å². The molecule has 0 saturated carbocycles. The van der Waals surface area contributed by atoms with Gasteiger partial charge in [0, 0.05) is 148 Å². The zero-order chi connectivity index (χ0) is 68.4. The van der Waals surface area contributed by atoms with Gasteiger partial charge in [0.05, 0.1) is 48.3 Å². The second-order valence-electron chi connectivity index (χ2n) is 26.2. The Morgan fingerprint density at radius 1 is 0.333 bits per heavy atom. The third kappa shape index (κ3) is 21.1. The van der Waals surface area contributed by atoms with Crippen molar-refractivity contribution in [1.29, 1.82) is 0 Å². The Balaban J connectivity index is 0.883. The van der Waals surface area contributed by atoms with Crippen LogP contribution in [0, 0.1) is 0 Å². The summed E-state index contributed by atoms with van der Waals surface area (Å²) in [4.78, 5) is 162. The highest BCUT2D eigenvalue weighted by atomic mass is 32.2. The standard InChI is InChI=1S/C60H96N16O16S4/c77-45(13-5-1-9-41-49-33(29-93-41)65-57(89)69-49)61-25-37(53(81)82)73-17-19-74(38(54(83)84)26-62-46(78)14-6-2-10-42-50-34(30-94-42)66-58(90)70-50)21-23-76(40(56(87)88)28-64-48(80)16-8-4-12-44-52-36(32-96-44)68-60(92)72-52)24-22-75(20-18-73)39(55(85)86)27-63-47(79)15-7-3-11-43-51-35(31-95-43)67-59(91)71-51/h33-44,49-52H,1-32H2,(H,61,77)(H,62,78)(H,63,79)(H,64,80)(H,81,82)(H,83,84)(H,85,86)(H,87,88)(H2,65,69,89)(H2,66,70,90)(H2,67,71,91)(H2,68,72,92). The van der Waals surface area contributed by atoms with E-state index < -0.39 is 71.7 Å². The largest absolute Gasteiger partial charge is 0.480 e. The number of fused-ring (bicyclic) bond motifs is 4. The van der Waals surface area contributed by atoms with Crippen molar-refractivity contribution in [2.24, 2.45) is 0 Å². The lowest BCUT2D eigenvalue weighted by atomic mass is 10.0. The maximum absolute atomic E-state index is 13.5. The van der Waals surface area contributed by atoms with Crippen LogP contribution in [0.15, 0.2) is 0 Å². The van der Waals surface area contributed by atoms with Gasteiger partial charge in [0.1, 0.15) is 24.2 Å². The molecule has 9 fully saturated rings. The molecule has 0 aromatic rings. The van der Waals surface area contributed by atoms with Gasteiger partial charge in [-0.1, -0.05) is 25.7 Å². The van der Waals surface area contributed by atoms with Gasteiger partial charge < -0.3 is 84.2 Å². The minimum atomic E-state index is -1.43. The van der Waals surface area contributed by atoms with Crippen molar-refractivity contribution in [3.8, 4) is 0 Å². The van der Waals surface area contributed by atoms with Crippen LogP contribution in [-0.4, -0.2) is 307 Å². The molecule has 0 spiro atoms. The molecule has 96 heavy (non-hydrogen) atoms. The van der Waals surface area contributed by atoms with E-state index in [4.69, 9.17) is 0 Å². The van der Waals surface area contributed by atoms with E-state index in [1.165, 1.54) is 19.6 Å². The summed E-state index contributed by atoms with van der Waals surface area (Å²) in [5.41, 5.74) is 0. The molecule has 0 aromatic heterocycles. The van der Waals surface area contributed by atoms with Gasteiger partial charge in [-0.15, -0.1) is 0 Å². The molecule has 9 aliphatic heterocycles. The summed E-state index contributed by atoms with van der Waals surface area (Å²) in [7, 11) is 0. The molecule has 9 heterocycles. The van der Waals surface area contributed by atoms with Gasteiger partial charge in [-0.25, -0.2) is 19.2 Å². The van der Waals surface area contributed by atoms with E-state index in [1.807, 2.05) is 0 Å². The summed E-state index contributed by atoms with van der Waals surface area (Å²) in [5, 5.41) is 79.2. The summed E-state index contributed by atoms with van der Waals surface area (Å²) in [6.45, 7) is -2.96. The minimum Gasteiger partial charge on any atom is -0.480 e. The number of carboxylic acids is 4. The molecule has 16 atom stereocenters. The number of nitrogens with zero attached hydrogens (tertiary/aromatic N) is 4. The summed E-state index contributed by atoms with van der Waals surface area (Å²) in [6, 6.07) is -6.37. The normalized spacial score (nSPS) is 29.5. The maximum Gasteiger partial charge on any atom is 0.322 e. The molecule has 0 aliphatic carbocycles. The van der Waals surface area contributed by atoms with Crippen molar-refractivity contribution < 1.29 is 78.0 Å². The Kier molecular flexibility index (Phi) is 28.1. The van der Waals surface area contributed by atoms with Gasteiger partial charge in [-0.3, -0.25) is 58.0 Å². The quantitative estimate of drug-likeness (QED) is 0.0248. The van der Waals surface area contributed by atoms with Gasteiger partial charge in [0.2, 0.25) is 23.6 Å². The Morgan fingerprint density at radius 2 is 0.531 bits per heavy atom. The van der Waals surface area contributed by atoms with Crippen LogP contribution in [0.2, 0.25) is 0 Å². The monoisotopic (exact) mass is 1420 g/mol. The molecular formula is C60H96N16O16S4. The van der Waals surface area contributed by atoms with Crippen LogP contribution in [-0.2, 0) is 38.4 Å². The highest BCUT2D eigenvalue weighted by molar-refractivity contribution is 8.01. The first-order valence-electron chi connectivity index (χ1n) is 33.9. The number of rotatable bonds is 36. The summed E-state index contributed by atoms with van der Waals surface area (Å²) in [6.07, 6.45) is 7.95. The van der Waals surface area contributed by atoms with Crippen molar-refractivity contribution in [2.45, 2.75) is 196 Å². The van der Waals surface area contributed by atoms with Gasteiger partial charge in [0.15, 0.2) is 0 Å². The van der Waals surface area contributed by atoms with Gasteiger partial charge in [-0.05, 0) is 51.4 Å². The van der Waals surface area contributed by atoms with Gasteiger partial charge >= 0.3 is 48.0 Å². The second kappa shape index (κ2) is 36.2. The fraction of sp³-hybridized carbons (Fsp3) is 0.800. The number of aliphatic carboxylic acids is 4. The van der Waals surface area contributed by atoms with Crippen molar-refractivity contribution >= 4 is 119 Å². The number of hydrogen-bond donors (Lipinski definition) is 16. The number of hydrogen-bond acceptors (Lipinski definition) is 20. The fourth-order valence-electron chi connectivity index (χ4n) is 14.5. The van der Waals surface area contributed by atoms with Crippen LogP contribution in [0.4, 0.5) is 19.2 Å². The minimum absolute atomic E-state index is 0.00572. The van der Waals surface area contributed by atoms with Crippen LogP contribution in [0.3, 0.4) is 0 Å².